The lowest BCUT2D eigenvalue weighted by molar-refractivity contribution is -0.118. The standard InChI is InChI=1S/C14H17N3O2/c1-3-11-5-4-6-12(7-11)19-9-13(18)16-14-10(2)8-15-17-14/h4-8H,3,9H2,1-2H3,(H2,15,16,17,18). The molecule has 0 spiro atoms. The molecular formula is C14H17N3O2. The van der Waals surface area contributed by atoms with Crippen molar-refractivity contribution >= 4 is 11.7 Å². The third kappa shape index (κ3) is 3.58. The van der Waals surface area contributed by atoms with E-state index in [1.165, 1.54) is 5.56 Å². The van der Waals surface area contributed by atoms with Crippen LogP contribution in [-0.4, -0.2) is 22.7 Å². The van der Waals surface area contributed by atoms with Crippen molar-refractivity contribution in [1.29, 1.82) is 0 Å². The van der Waals surface area contributed by atoms with Gasteiger partial charge in [-0.25, -0.2) is 0 Å². The first-order chi connectivity index (χ1) is 9.19. The van der Waals surface area contributed by atoms with Crippen molar-refractivity contribution in [3.8, 4) is 5.75 Å². The quantitative estimate of drug-likeness (QED) is 0.865. The molecule has 2 N–H and O–H groups in total. The Bertz CT molecular complexity index is 563. The predicted molar refractivity (Wildman–Crippen MR) is 73.3 cm³/mol. The van der Waals surface area contributed by atoms with Crippen LogP contribution in [0.2, 0.25) is 0 Å². The highest BCUT2D eigenvalue weighted by Crippen LogP contribution is 2.14. The van der Waals surface area contributed by atoms with Gasteiger partial charge in [-0.1, -0.05) is 19.1 Å². The van der Waals surface area contributed by atoms with Crippen molar-refractivity contribution in [2.24, 2.45) is 0 Å². The summed E-state index contributed by atoms with van der Waals surface area (Å²) < 4.78 is 5.45. The molecular weight excluding hydrogens is 242 g/mol. The van der Waals surface area contributed by atoms with Crippen LogP contribution in [0.3, 0.4) is 0 Å². The molecule has 2 aromatic rings. The number of carbonyl (C=O) groups is 1. The zero-order valence-corrected chi connectivity index (χ0v) is 11.1. The van der Waals surface area contributed by atoms with Gasteiger partial charge in [0.15, 0.2) is 6.61 Å². The van der Waals surface area contributed by atoms with Crippen LogP contribution in [0.15, 0.2) is 30.5 Å². The number of ether oxygens (including phenoxy) is 1. The van der Waals surface area contributed by atoms with Crippen molar-refractivity contribution in [2.75, 3.05) is 11.9 Å². The van der Waals surface area contributed by atoms with E-state index < -0.39 is 0 Å². The smallest absolute Gasteiger partial charge is 0.263 e. The van der Waals surface area contributed by atoms with Gasteiger partial charge in [0, 0.05) is 5.56 Å². The number of aryl methyl sites for hydroxylation is 2. The lowest BCUT2D eigenvalue weighted by atomic mass is 10.2. The van der Waals surface area contributed by atoms with E-state index in [0.29, 0.717) is 11.6 Å². The van der Waals surface area contributed by atoms with E-state index in [4.69, 9.17) is 4.74 Å². The molecule has 19 heavy (non-hydrogen) atoms. The van der Waals surface area contributed by atoms with Crippen LogP contribution in [0, 0.1) is 6.92 Å². The van der Waals surface area contributed by atoms with E-state index in [2.05, 4.69) is 22.4 Å². The first-order valence-corrected chi connectivity index (χ1v) is 6.20. The average Bonchev–Trinajstić information content (AvgIpc) is 2.82. The second-order valence-electron chi connectivity index (χ2n) is 4.27. The molecule has 1 amide bonds. The number of rotatable bonds is 5. The maximum Gasteiger partial charge on any atom is 0.263 e. The van der Waals surface area contributed by atoms with Crippen molar-refractivity contribution in [3.05, 3.63) is 41.6 Å². The zero-order chi connectivity index (χ0) is 13.7. The Morgan fingerprint density at radius 3 is 3.00 bits per heavy atom. The largest absolute Gasteiger partial charge is 0.484 e. The Morgan fingerprint density at radius 2 is 2.32 bits per heavy atom. The molecule has 1 aromatic carbocycles. The molecule has 0 saturated heterocycles. The normalized spacial score (nSPS) is 10.2. The van der Waals surface area contributed by atoms with Crippen LogP contribution in [0.1, 0.15) is 18.1 Å². The van der Waals surface area contributed by atoms with Crippen LogP contribution >= 0.6 is 0 Å². The van der Waals surface area contributed by atoms with Crippen molar-refractivity contribution in [3.63, 3.8) is 0 Å². The number of hydrogen-bond donors (Lipinski definition) is 2. The summed E-state index contributed by atoms with van der Waals surface area (Å²) >= 11 is 0. The lowest BCUT2D eigenvalue weighted by Gasteiger charge is -2.07. The molecule has 1 heterocycles. The summed E-state index contributed by atoms with van der Waals surface area (Å²) in [4.78, 5) is 11.7. The summed E-state index contributed by atoms with van der Waals surface area (Å²) in [6.07, 6.45) is 2.60. The summed E-state index contributed by atoms with van der Waals surface area (Å²) in [6, 6.07) is 7.73. The summed E-state index contributed by atoms with van der Waals surface area (Å²) in [5, 5.41) is 9.26. The third-order valence-electron chi connectivity index (χ3n) is 2.77. The fraction of sp³-hybridized carbons (Fsp3) is 0.286. The topological polar surface area (TPSA) is 67.0 Å². The summed E-state index contributed by atoms with van der Waals surface area (Å²) in [5.41, 5.74) is 2.07. The minimum absolute atomic E-state index is 0.0222. The molecule has 2 rings (SSSR count). The van der Waals surface area contributed by atoms with E-state index >= 15 is 0 Å². The van der Waals surface area contributed by atoms with E-state index in [1.54, 1.807) is 6.20 Å². The Kier molecular flexibility index (Phi) is 4.18. The van der Waals surface area contributed by atoms with Crippen molar-refractivity contribution in [1.82, 2.24) is 10.2 Å². The van der Waals surface area contributed by atoms with E-state index in [0.717, 1.165) is 12.0 Å². The zero-order valence-electron chi connectivity index (χ0n) is 11.1. The molecule has 0 aliphatic carbocycles. The number of H-pyrrole nitrogens is 1. The summed E-state index contributed by atoms with van der Waals surface area (Å²) in [7, 11) is 0. The van der Waals surface area contributed by atoms with Gasteiger partial charge in [0.1, 0.15) is 11.6 Å². The number of nitrogens with one attached hydrogen (secondary N) is 2. The number of nitrogens with zero attached hydrogens (tertiary/aromatic N) is 1. The van der Waals surface area contributed by atoms with Crippen LogP contribution in [-0.2, 0) is 11.2 Å². The van der Waals surface area contributed by atoms with Crippen molar-refractivity contribution in [2.45, 2.75) is 20.3 Å². The number of anilines is 1. The van der Waals surface area contributed by atoms with Gasteiger partial charge in [-0.3, -0.25) is 9.89 Å². The van der Waals surface area contributed by atoms with E-state index in [1.807, 2.05) is 31.2 Å². The number of hydrogen-bond acceptors (Lipinski definition) is 3. The molecule has 5 heteroatoms. The molecule has 0 unspecified atom stereocenters. The van der Waals surface area contributed by atoms with Gasteiger partial charge in [-0.2, -0.15) is 5.10 Å². The highest BCUT2D eigenvalue weighted by Gasteiger charge is 2.07. The number of benzene rings is 1. The monoisotopic (exact) mass is 259 g/mol. The van der Waals surface area contributed by atoms with Gasteiger partial charge < -0.3 is 10.1 Å². The predicted octanol–water partition coefficient (Wildman–Crippen LogP) is 2.30. The van der Waals surface area contributed by atoms with Gasteiger partial charge in [0.05, 0.1) is 6.20 Å². The second-order valence-corrected chi connectivity index (χ2v) is 4.27. The molecule has 0 aliphatic heterocycles. The van der Waals surface area contributed by atoms with Gasteiger partial charge >= 0.3 is 0 Å². The highest BCUT2D eigenvalue weighted by atomic mass is 16.5. The fourth-order valence-corrected chi connectivity index (χ4v) is 1.65. The first kappa shape index (κ1) is 13.1. The SMILES string of the molecule is CCc1cccc(OCC(=O)Nc2[nH]ncc2C)c1. The maximum absolute atomic E-state index is 11.7. The molecule has 100 valence electrons. The minimum atomic E-state index is -0.214. The molecule has 0 saturated carbocycles. The van der Waals surface area contributed by atoms with E-state index in [9.17, 15) is 4.79 Å². The number of aromatic amines is 1. The molecule has 0 radical (unpaired) electrons. The molecule has 0 bridgehead atoms. The van der Waals surface area contributed by atoms with Crippen LogP contribution in [0.5, 0.6) is 5.75 Å². The van der Waals surface area contributed by atoms with Gasteiger partial charge in [-0.05, 0) is 31.0 Å². The van der Waals surface area contributed by atoms with Crippen molar-refractivity contribution < 1.29 is 9.53 Å². The Labute approximate surface area is 112 Å². The van der Waals surface area contributed by atoms with Crippen LogP contribution in [0.4, 0.5) is 5.82 Å². The number of amides is 1. The summed E-state index contributed by atoms with van der Waals surface area (Å²) in [5.74, 6) is 1.10. The highest BCUT2D eigenvalue weighted by molar-refractivity contribution is 5.91. The average molecular weight is 259 g/mol. The molecule has 0 aliphatic rings. The number of carbonyl (C=O) groups excluding carboxylic acids is 1. The summed E-state index contributed by atoms with van der Waals surface area (Å²) in [6.45, 7) is 3.92. The fourth-order valence-electron chi connectivity index (χ4n) is 1.65. The lowest BCUT2D eigenvalue weighted by Crippen LogP contribution is -2.20. The Balaban J connectivity index is 1.88. The van der Waals surface area contributed by atoms with Gasteiger partial charge in [0.2, 0.25) is 0 Å². The Hall–Kier alpha value is -2.30. The molecule has 1 aromatic heterocycles. The van der Waals surface area contributed by atoms with Crippen LogP contribution in [0.25, 0.3) is 0 Å². The second kappa shape index (κ2) is 6.04. The van der Waals surface area contributed by atoms with Gasteiger partial charge in [0.25, 0.3) is 5.91 Å². The van der Waals surface area contributed by atoms with Crippen LogP contribution < -0.4 is 10.1 Å². The first-order valence-electron chi connectivity index (χ1n) is 6.20. The number of aromatic nitrogens is 2. The molecule has 5 nitrogen and oxygen atoms in total. The third-order valence-corrected chi connectivity index (χ3v) is 2.77. The molecule has 0 atom stereocenters. The van der Waals surface area contributed by atoms with Gasteiger partial charge in [-0.15, -0.1) is 0 Å². The Morgan fingerprint density at radius 1 is 1.47 bits per heavy atom. The molecule has 0 fully saturated rings. The maximum atomic E-state index is 11.7. The minimum Gasteiger partial charge on any atom is -0.484 e. The van der Waals surface area contributed by atoms with E-state index in [-0.39, 0.29) is 12.5 Å².